The van der Waals surface area contributed by atoms with E-state index in [0.29, 0.717) is 0 Å². The van der Waals surface area contributed by atoms with Crippen LogP contribution >= 0.6 is 11.3 Å². The van der Waals surface area contributed by atoms with E-state index in [4.69, 9.17) is 9.15 Å². The van der Waals surface area contributed by atoms with E-state index in [0.717, 1.165) is 33.3 Å². The second-order valence-corrected chi connectivity index (χ2v) is 5.64. The molecule has 0 aliphatic carbocycles. The predicted octanol–water partition coefficient (Wildman–Crippen LogP) is 3.62. The van der Waals surface area contributed by atoms with E-state index in [1.165, 1.54) is 11.3 Å². The van der Waals surface area contributed by atoms with Crippen LogP contribution in [0.1, 0.15) is 12.7 Å². The highest BCUT2D eigenvalue weighted by molar-refractivity contribution is 7.07. The summed E-state index contributed by atoms with van der Waals surface area (Å²) >= 11 is 1.53. The third-order valence-electron chi connectivity index (χ3n) is 3.39. The lowest BCUT2D eigenvalue weighted by molar-refractivity contribution is 0.416. The molecule has 0 amide bonds. The van der Waals surface area contributed by atoms with E-state index in [1.807, 2.05) is 53.4 Å². The van der Waals surface area contributed by atoms with Gasteiger partial charge in [0.15, 0.2) is 0 Å². The zero-order valence-corrected chi connectivity index (χ0v) is 14.0. The number of thiazole rings is 1. The molecule has 3 rings (SSSR count). The van der Waals surface area contributed by atoms with Crippen LogP contribution in [0.4, 0.5) is 0 Å². The number of methoxy groups -OCH3 is 1. The number of ether oxygens (including phenoxy) is 1. The van der Waals surface area contributed by atoms with Gasteiger partial charge in [0.05, 0.1) is 19.1 Å². The van der Waals surface area contributed by atoms with Crippen LogP contribution in [0.25, 0.3) is 11.3 Å². The number of benzene rings is 1. The van der Waals surface area contributed by atoms with Crippen molar-refractivity contribution < 1.29 is 9.15 Å². The molecule has 0 fully saturated rings. The van der Waals surface area contributed by atoms with Crippen molar-refractivity contribution in [3.05, 3.63) is 58.6 Å². The fourth-order valence-electron chi connectivity index (χ4n) is 2.27. The Balaban J connectivity index is 2.18. The Morgan fingerprint density at radius 3 is 2.74 bits per heavy atom. The molecule has 0 unspecified atom stereocenters. The predicted molar refractivity (Wildman–Crippen MR) is 92.1 cm³/mol. The molecular formula is C17H17N3O2S. The Kier molecular flexibility index (Phi) is 4.43. The van der Waals surface area contributed by atoms with Crippen molar-refractivity contribution in [2.24, 2.45) is 10.1 Å². The SMILES string of the molecule is CN=c1scc(-c2ccccc2OC)n1N=C(C)c1ccco1. The molecule has 5 nitrogen and oxygen atoms in total. The molecule has 2 aromatic heterocycles. The van der Waals surface area contributed by atoms with Gasteiger partial charge in [-0.25, -0.2) is 4.68 Å². The molecular weight excluding hydrogens is 310 g/mol. The molecule has 0 aliphatic rings. The van der Waals surface area contributed by atoms with E-state index in [1.54, 1.807) is 20.4 Å². The van der Waals surface area contributed by atoms with Crippen molar-refractivity contribution in [1.82, 2.24) is 4.68 Å². The topological polar surface area (TPSA) is 52.0 Å². The summed E-state index contributed by atoms with van der Waals surface area (Å²) in [6.45, 7) is 1.91. The molecule has 1 aromatic carbocycles. The van der Waals surface area contributed by atoms with Gasteiger partial charge in [-0.2, -0.15) is 5.10 Å². The summed E-state index contributed by atoms with van der Waals surface area (Å²) in [7, 11) is 3.42. The zero-order valence-electron chi connectivity index (χ0n) is 13.2. The van der Waals surface area contributed by atoms with Crippen LogP contribution in [0.3, 0.4) is 0 Å². The van der Waals surface area contributed by atoms with Gasteiger partial charge in [-0.05, 0) is 31.2 Å². The largest absolute Gasteiger partial charge is 0.496 e. The molecule has 0 bridgehead atoms. The van der Waals surface area contributed by atoms with Gasteiger partial charge in [0.1, 0.15) is 17.2 Å². The van der Waals surface area contributed by atoms with Crippen LogP contribution in [0.2, 0.25) is 0 Å². The van der Waals surface area contributed by atoms with E-state index >= 15 is 0 Å². The fraction of sp³-hybridized carbons (Fsp3) is 0.176. The highest BCUT2D eigenvalue weighted by Crippen LogP contribution is 2.30. The van der Waals surface area contributed by atoms with Crippen LogP contribution in [0.5, 0.6) is 5.75 Å². The summed E-state index contributed by atoms with van der Waals surface area (Å²) in [5, 5.41) is 6.71. The number of aromatic nitrogens is 1. The first-order valence-corrected chi connectivity index (χ1v) is 7.98. The Hall–Kier alpha value is -2.60. The first-order valence-electron chi connectivity index (χ1n) is 7.11. The molecule has 0 radical (unpaired) electrons. The summed E-state index contributed by atoms with van der Waals surface area (Å²) < 4.78 is 12.7. The molecule has 118 valence electrons. The molecule has 6 heteroatoms. The van der Waals surface area contributed by atoms with Crippen LogP contribution in [0.15, 0.2) is 62.6 Å². The number of para-hydroxylation sites is 1. The molecule has 0 spiro atoms. The van der Waals surface area contributed by atoms with Crippen LogP contribution in [0, 0.1) is 0 Å². The standard InChI is InChI=1S/C17H17N3O2S/c1-12(15-9-6-10-22-15)19-20-14(11-23-17(20)18-2)13-7-4-5-8-16(13)21-3/h4-11H,1-3H3. The maximum absolute atomic E-state index is 5.47. The number of hydrogen-bond donors (Lipinski definition) is 0. The maximum atomic E-state index is 5.47. The Bertz CT molecular complexity index is 889. The fourth-order valence-corrected chi connectivity index (χ4v) is 3.06. The average molecular weight is 327 g/mol. The van der Waals surface area contributed by atoms with Crippen LogP contribution in [-0.2, 0) is 0 Å². The van der Waals surface area contributed by atoms with Crippen LogP contribution < -0.4 is 9.54 Å². The van der Waals surface area contributed by atoms with E-state index in [-0.39, 0.29) is 0 Å². The lowest BCUT2D eigenvalue weighted by Gasteiger charge is -2.09. The lowest BCUT2D eigenvalue weighted by atomic mass is 10.1. The minimum absolute atomic E-state index is 0.733. The normalized spacial score (nSPS) is 12.7. The Morgan fingerprint density at radius 2 is 2.04 bits per heavy atom. The number of furan rings is 1. The van der Waals surface area contributed by atoms with Crippen molar-refractivity contribution >= 4 is 17.0 Å². The third kappa shape index (κ3) is 2.98. The third-order valence-corrected chi connectivity index (χ3v) is 4.29. The lowest BCUT2D eigenvalue weighted by Crippen LogP contribution is -2.13. The Labute approximate surface area is 138 Å². The quantitative estimate of drug-likeness (QED) is 0.687. The number of rotatable bonds is 4. The first kappa shape index (κ1) is 15.3. The number of nitrogens with zero attached hydrogens (tertiary/aromatic N) is 3. The second kappa shape index (κ2) is 6.66. The highest BCUT2D eigenvalue weighted by Gasteiger charge is 2.12. The van der Waals surface area contributed by atoms with Crippen molar-refractivity contribution in [2.45, 2.75) is 6.92 Å². The summed E-state index contributed by atoms with van der Waals surface area (Å²) in [5.74, 6) is 1.53. The summed E-state index contributed by atoms with van der Waals surface area (Å²) in [6.07, 6.45) is 1.64. The zero-order chi connectivity index (χ0) is 16.2. The Morgan fingerprint density at radius 1 is 1.22 bits per heavy atom. The van der Waals surface area contributed by atoms with Crippen LogP contribution in [-0.4, -0.2) is 24.5 Å². The molecule has 0 atom stereocenters. The van der Waals surface area contributed by atoms with Crippen molar-refractivity contribution in [1.29, 1.82) is 0 Å². The van der Waals surface area contributed by atoms with Gasteiger partial charge in [-0.1, -0.05) is 12.1 Å². The minimum Gasteiger partial charge on any atom is -0.496 e. The van der Waals surface area contributed by atoms with E-state index in [2.05, 4.69) is 10.1 Å². The van der Waals surface area contributed by atoms with Gasteiger partial charge in [0, 0.05) is 18.0 Å². The second-order valence-electron chi connectivity index (χ2n) is 4.80. The smallest absolute Gasteiger partial charge is 0.205 e. The van der Waals surface area contributed by atoms with Crippen molar-refractivity contribution in [2.75, 3.05) is 14.2 Å². The minimum atomic E-state index is 0.733. The average Bonchev–Trinajstić information content (AvgIpc) is 3.24. The molecule has 0 aliphatic heterocycles. The van der Waals surface area contributed by atoms with E-state index in [9.17, 15) is 0 Å². The van der Waals surface area contributed by atoms with Gasteiger partial charge < -0.3 is 9.15 Å². The first-order chi connectivity index (χ1) is 11.2. The summed E-state index contributed by atoms with van der Waals surface area (Å²) in [4.78, 5) is 5.11. The number of hydrogen-bond acceptors (Lipinski definition) is 5. The summed E-state index contributed by atoms with van der Waals surface area (Å²) in [6, 6.07) is 11.6. The molecule has 0 saturated heterocycles. The van der Waals surface area contributed by atoms with Gasteiger partial charge in [0.25, 0.3) is 0 Å². The van der Waals surface area contributed by atoms with Gasteiger partial charge in [-0.15, -0.1) is 11.3 Å². The summed E-state index contributed by atoms with van der Waals surface area (Å²) in [5.41, 5.74) is 2.68. The maximum Gasteiger partial charge on any atom is 0.205 e. The van der Waals surface area contributed by atoms with Crippen molar-refractivity contribution in [3.63, 3.8) is 0 Å². The molecule has 2 heterocycles. The highest BCUT2D eigenvalue weighted by atomic mass is 32.1. The van der Waals surface area contributed by atoms with Crippen molar-refractivity contribution in [3.8, 4) is 17.0 Å². The molecule has 23 heavy (non-hydrogen) atoms. The van der Waals surface area contributed by atoms with E-state index < -0.39 is 0 Å². The van der Waals surface area contributed by atoms with Gasteiger partial charge in [-0.3, -0.25) is 4.99 Å². The van der Waals surface area contributed by atoms with Gasteiger partial charge >= 0.3 is 0 Å². The molecule has 0 saturated carbocycles. The molecule has 0 N–H and O–H groups in total. The molecule has 3 aromatic rings. The van der Waals surface area contributed by atoms with Gasteiger partial charge in [0.2, 0.25) is 4.80 Å². The monoisotopic (exact) mass is 327 g/mol.